The van der Waals surface area contributed by atoms with Crippen LogP contribution in [-0.2, 0) is 11.7 Å². The van der Waals surface area contributed by atoms with Crippen LogP contribution in [0.5, 0.6) is 11.5 Å². The van der Waals surface area contributed by atoms with E-state index in [0.717, 1.165) is 29.2 Å². The van der Waals surface area contributed by atoms with Crippen molar-refractivity contribution in [2.45, 2.75) is 38.4 Å². The second kappa shape index (κ2) is 8.66. The Hall–Kier alpha value is -3.72. The zero-order valence-electron chi connectivity index (χ0n) is 20.6. The predicted octanol–water partition coefficient (Wildman–Crippen LogP) is 7.09. The Labute approximate surface area is 221 Å². The Bertz CT molecular complexity index is 1600. The number of aromatic nitrogens is 2. The van der Waals surface area contributed by atoms with E-state index in [1.165, 1.54) is 6.07 Å². The molecule has 1 N–H and O–H groups in total. The minimum atomic E-state index is -4.59. The van der Waals surface area contributed by atoms with Crippen LogP contribution in [0.2, 0.25) is 5.02 Å². The van der Waals surface area contributed by atoms with Crippen molar-refractivity contribution in [3.63, 3.8) is 0 Å². The molecule has 10 heteroatoms. The lowest BCUT2D eigenvalue weighted by atomic mass is 9.93. The third-order valence-corrected chi connectivity index (χ3v) is 7.67. The summed E-state index contributed by atoms with van der Waals surface area (Å²) in [6.45, 7) is 4.44. The molecule has 0 spiro atoms. The van der Waals surface area contributed by atoms with E-state index in [0.29, 0.717) is 41.4 Å². The number of nitrogens with zero attached hydrogens (tertiary/aromatic N) is 2. The van der Waals surface area contributed by atoms with Crippen molar-refractivity contribution < 1.29 is 27.4 Å². The van der Waals surface area contributed by atoms with Gasteiger partial charge in [-0.3, -0.25) is 4.79 Å². The van der Waals surface area contributed by atoms with Gasteiger partial charge in [-0.15, -0.1) is 0 Å². The number of halogens is 4. The van der Waals surface area contributed by atoms with Crippen molar-refractivity contribution in [1.82, 2.24) is 14.9 Å². The van der Waals surface area contributed by atoms with Crippen LogP contribution in [0.25, 0.3) is 22.2 Å². The highest BCUT2D eigenvalue weighted by Crippen LogP contribution is 2.43. The zero-order chi connectivity index (χ0) is 26.8. The molecule has 1 atom stereocenters. The molecule has 6 nitrogen and oxygen atoms in total. The van der Waals surface area contributed by atoms with Gasteiger partial charge < -0.3 is 19.4 Å². The van der Waals surface area contributed by atoms with Gasteiger partial charge in [0.05, 0.1) is 27.2 Å². The van der Waals surface area contributed by atoms with E-state index in [-0.39, 0.29) is 18.2 Å². The second-order valence-corrected chi connectivity index (χ2v) is 10.3. The SMILES string of the molecule is Cc1ccc(-c2ccc3c(c2)OCO3)c(C(=O)N2CCCC2(C)c2nc3cc(Cl)c(C(F)(F)F)cc3[nH]2)c1. The van der Waals surface area contributed by atoms with Crippen LogP contribution in [-0.4, -0.2) is 34.1 Å². The van der Waals surface area contributed by atoms with Gasteiger partial charge in [0, 0.05) is 12.1 Å². The molecule has 1 aromatic heterocycles. The summed E-state index contributed by atoms with van der Waals surface area (Å²) >= 11 is 5.92. The molecule has 0 saturated carbocycles. The molecule has 1 unspecified atom stereocenters. The average molecular weight is 542 g/mol. The Balaban J connectivity index is 1.40. The summed E-state index contributed by atoms with van der Waals surface area (Å²) in [5, 5.41) is -0.416. The number of amides is 1. The first kappa shape index (κ1) is 24.6. The molecule has 0 aliphatic carbocycles. The Kier molecular flexibility index (Phi) is 5.61. The molecule has 6 rings (SSSR count). The fourth-order valence-electron chi connectivity index (χ4n) is 5.33. The number of carbonyl (C=O) groups excluding carboxylic acids is 1. The smallest absolute Gasteiger partial charge is 0.417 e. The number of H-pyrrole nitrogens is 1. The summed E-state index contributed by atoms with van der Waals surface area (Å²) in [6, 6.07) is 13.5. The van der Waals surface area contributed by atoms with E-state index < -0.39 is 22.3 Å². The fourth-order valence-corrected chi connectivity index (χ4v) is 5.60. The first-order valence-electron chi connectivity index (χ1n) is 12.1. The van der Waals surface area contributed by atoms with E-state index in [1.807, 2.05) is 50.2 Å². The van der Waals surface area contributed by atoms with E-state index >= 15 is 0 Å². The molecule has 0 radical (unpaired) electrons. The van der Waals surface area contributed by atoms with Crippen LogP contribution < -0.4 is 9.47 Å². The molecule has 2 aliphatic rings. The highest BCUT2D eigenvalue weighted by atomic mass is 35.5. The van der Waals surface area contributed by atoms with Crippen molar-refractivity contribution in [3.8, 4) is 22.6 Å². The molecule has 3 heterocycles. The molecule has 0 bridgehead atoms. The predicted molar refractivity (Wildman–Crippen MR) is 136 cm³/mol. The van der Waals surface area contributed by atoms with E-state index in [1.54, 1.807) is 4.90 Å². The maximum Gasteiger partial charge on any atom is 0.417 e. The van der Waals surface area contributed by atoms with Crippen molar-refractivity contribution in [1.29, 1.82) is 0 Å². The number of imidazole rings is 1. The van der Waals surface area contributed by atoms with Crippen molar-refractivity contribution in [2.24, 2.45) is 0 Å². The molecule has 3 aromatic carbocycles. The number of likely N-dealkylation sites (tertiary alicyclic amines) is 1. The van der Waals surface area contributed by atoms with Crippen LogP contribution in [0, 0.1) is 6.92 Å². The van der Waals surface area contributed by atoms with Crippen LogP contribution >= 0.6 is 11.6 Å². The first-order valence-corrected chi connectivity index (χ1v) is 12.5. The largest absolute Gasteiger partial charge is 0.454 e. The molecule has 1 fully saturated rings. The number of benzene rings is 3. The lowest BCUT2D eigenvalue weighted by molar-refractivity contribution is -0.137. The number of hydrogen-bond acceptors (Lipinski definition) is 4. The summed E-state index contributed by atoms with van der Waals surface area (Å²) in [7, 11) is 0. The van der Waals surface area contributed by atoms with Gasteiger partial charge >= 0.3 is 6.18 Å². The standard InChI is InChI=1S/C28H23ClF3N3O3/c1-15-4-6-17(16-5-7-23-24(11-16)38-14-37-23)18(10-15)25(36)35-9-3-8-27(35,2)26-33-21-12-19(28(30,31)32)20(29)13-22(21)34-26/h4-7,10-13H,3,8-9,14H2,1-2H3,(H,33,34). The van der Waals surface area contributed by atoms with Crippen LogP contribution in [0.1, 0.15) is 47.1 Å². The molecule has 38 heavy (non-hydrogen) atoms. The highest BCUT2D eigenvalue weighted by molar-refractivity contribution is 6.32. The zero-order valence-corrected chi connectivity index (χ0v) is 21.3. The normalized spacial score (nSPS) is 18.9. The van der Waals surface area contributed by atoms with Gasteiger partial charge in [0.2, 0.25) is 6.79 Å². The minimum Gasteiger partial charge on any atom is -0.454 e. The van der Waals surface area contributed by atoms with Gasteiger partial charge in [0.25, 0.3) is 5.91 Å². The maximum absolute atomic E-state index is 14.1. The number of aromatic amines is 1. The van der Waals surface area contributed by atoms with Crippen LogP contribution in [0.15, 0.2) is 48.5 Å². The Morgan fingerprint density at radius 3 is 2.68 bits per heavy atom. The highest BCUT2D eigenvalue weighted by Gasteiger charge is 2.44. The van der Waals surface area contributed by atoms with Crippen LogP contribution in [0.4, 0.5) is 13.2 Å². The quantitative estimate of drug-likeness (QED) is 0.301. The Morgan fingerprint density at radius 2 is 1.89 bits per heavy atom. The Morgan fingerprint density at radius 1 is 1.11 bits per heavy atom. The summed E-state index contributed by atoms with van der Waals surface area (Å²) in [6.07, 6.45) is -3.27. The third kappa shape index (κ3) is 3.96. The van der Waals surface area contributed by atoms with Gasteiger partial charge in [0.15, 0.2) is 11.5 Å². The minimum absolute atomic E-state index is 0.151. The molecule has 2 aliphatic heterocycles. The lowest BCUT2D eigenvalue weighted by Gasteiger charge is -2.34. The molecular formula is C28H23ClF3N3O3. The monoisotopic (exact) mass is 541 g/mol. The number of fused-ring (bicyclic) bond motifs is 2. The van der Waals surface area contributed by atoms with Crippen LogP contribution in [0.3, 0.4) is 0 Å². The average Bonchev–Trinajstić information content (AvgIpc) is 3.60. The van der Waals surface area contributed by atoms with Gasteiger partial charge in [-0.1, -0.05) is 35.4 Å². The number of carbonyl (C=O) groups is 1. The summed E-state index contributed by atoms with van der Waals surface area (Å²) < 4.78 is 51.2. The van der Waals surface area contributed by atoms with E-state index in [2.05, 4.69) is 9.97 Å². The van der Waals surface area contributed by atoms with Gasteiger partial charge in [-0.25, -0.2) is 4.98 Å². The third-order valence-electron chi connectivity index (χ3n) is 7.36. The number of ether oxygens (including phenoxy) is 2. The second-order valence-electron chi connectivity index (χ2n) is 9.88. The maximum atomic E-state index is 14.1. The number of nitrogens with one attached hydrogen (secondary N) is 1. The summed E-state index contributed by atoms with van der Waals surface area (Å²) in [5.74, 6) is 1.51. The van der Waals surface area contributed by atoms with Gasteiger partial charge in [-0.05, 0) is 68.1 Å². The number of rotatable bonds is 3. The van der Waals surface area contributed by atoms with Gasteiger partial charge in [-0.2, -0.15) is 13.2 Å². The topological polar surface area (TPSA) is 67.5 Å². The molecule has 1 saturated heterocycles. The number of alkyl halides is 3. The summed E-state index contributed by atoms with van der Waals surface area (Å²) in [5.41, 5.74) is 1.77. The molecule has 1 amide bonds. The molecular weight excluding hydrogens is 519 g/mol. The summed E-state index contributed by atoms with van der Waals surface area (Å²) in [4.78, 5) is 23.5. The van der Waals surface area contributed by atoms with Crippen molar-refractivity contribution in [3.05, 3.63) is 76.1 Å². The van der Waals surface area contributed by atoms with E-state index in [9.17, 15) is 18.0 Å². The lowest BCUT2D eigenvalue weighted by Crippen LogP contribution is -2.43. The van der Waals surface area contributed by atoms with E-state index in [4.69, 9.17) is 21.1 Å². The molecule has 4 aromatic rings. The number of hydrogen-bond donors (Lipinski definition) is 1. The fraction of sp³-hybridized carbons (Fsp3) is 0.286. The molecule has 196 valence electrons. The van der Waals surface area contributed by atoms with Crippen molar-refractivity contribution >= 4 is 28.5 Å². The first-order chi connectivity index (χ1) is 18.0. The van der Waals surface area contributed by atoms with Crippen molar-refractivity contribution in [2.75, 3.05) is 13.3 Å². The number of aryl methyl sites for hydroxylation is 1. The van der Waals surface area contributed by atoms with Gasteiger partial charge in [0.1, 0.15) is 5.82 Å².